The van der Waals surface area contributed by atoms with Crippen molar-refractivity contribution in [1.82, 2.24) is 9.80 Å². The van der Waals surface area contributed by atoms with E-state index in [-0.39, 0.29) is 6.09 Å². The molecular formula is C21H34N3O3+. The van der Waals surface area contributed by atoms with E-state index in [1.54, 1.807) is 0 Å². The number of carbonyl (C=O) groups excluding carboxylic acids is 1. The summed E-state index contributed by atoms with van der Waals surface area (Å²) in [7, 11) is 0. The molecule has 2 fully saturated rings. The van der Waals surface area contributed by atoms with Gasteiger partial charge in [-0.15, -0.1) is 0 Å². The first-order valence-electron chi connectivity index (χ1n) is 10.1. The summed E-state index contributed by atoms with van der Waals surface area (Å²) in [6, 6.07) is 8.30. The topological polar surface area (TPSA) is 63.8 Å². The molecule has 27 heavy (non-hydrogen) atoms. The number of rotatable bonds is 3. The predicted molar refractivity (Wildman–Crippen MR) is 107 cm³/mol. The average molecular weight is 377 g/mol. The molecule has 1 aromatic carbocycles. The smallest absolute Gasteiger partial charge is 0.410 e. The maximum Gasteiger partial charge on any atom is 0.410 e. The van der Waals surface area contributed by atoms with Gasteiger partial charge in [0.25, 0.3) is 5.69 Å². The van der Waals surface area contributed by atoms with E-state index >= 15 is 0 Å². The van der Waals surface area contributed by atoms with Crippen LogP contribution in [0.3, 0.4) is 0 Å². The highest BCUT2D eigenvalue weighted by Crippen LogP contribution is 2.32. The van der Waals surface area contributed by atoms with Gasteiger partial charge in [-0.25, -0.2) is 4.79 Å². The molecule has 2 aliphatic rings. The summed E-state index contributed by atoms with van der Waals surface area (Å²) in [4.78, 5) is 27.1. The summed E-state index contributed by atoms with van der Waals surface area (Å²) < 4.78 is 5.45. The van der Waals surface area contributed by atoms with E-state index in [0.29, 0.717) is 17.6 Å². The standard InChI is InChI=1S/C19H27N3O3.C2H6/c1-19(2,3)25-18(23)21-10-8-17(9-11-21)22-12-15(13-22)14-4-6-16(20-24)7-5-14;1-2/h4-7,15,17H,8-13H2,1-3H3;1-2H3/p+1. The second kappa shape index (κ2) is 9.31. The molecule has 1 amide bonds. The third-order valence-electron chi connectivity index (χ3n) is 5.04. The molecule has 6 heteroatoms. The molecule has 2 heterocycles. The highest BCUT2D eigenvalue weighted by atomic mass is 16.6. The zero-order valence-corrected chi connectivity index (χ0v) is 17.3. The summed E-state index contributed by atoms with van der Waals surface area (Å²) in [6.45, 7) is 13.4. The van der Waals surface area contributed by atoms with Crippen molar-refractivity contribution in [1.29, 1.82) is 0 Å². The van der Waals surface area contributed by atoms with Gasteiger partial charge in [0.05, 0.1) is 0 Å². The van der Waals surface area contributed by atoms with Gasteiger partial charge in [-0.05, 0) is 39.2 Å². The number of nitroso groups, excluding NO2 is 1. The molecule has 0 bridgehead atoms. The lowest BCUT2D eigenvalue weighted by molar-refractivity contribution is -0.379. The van der Waals surface area contributed by atoms with E-state index in [1.165, 1.54) is 5.56 Å². The van der Waals surface area contributed by atoms with Gasteiger partial charge in [0.2, 0.25) is 0 Å². The Morgan fingerprint density at radius 1 is 1.07 bits per heavy atom. The molecule has 1 aromatic rings. The minimum absolute atomic E-state index is 0.195. The largest absolute Gasteiger partial charge is 0.444 e. The first kappa shape index (κ1) is 21.4. The lowest BCUT2D eigenvalue weighted by Gasteiger charge is -2.47. The van der Waals surface area contributed by atoms with Crippen LogP contribution in [0.4, 0.5) is 10.5 Å². The van der Waals surface area contributed by atoms with Gasteiger partial charge >= 0.3 is 6.09 Å². The van der Waals surface area contributed by atoms with Gasteiger partial charge in [-0.2, -0.15) is 0 Å². The van der Waals surface area contributed by atoms with Gasteiger partial charge in [-0.1, -0.05) is 26.0 Å². The number of piperidine rings is 1. The average Bonchev–Trinajstić information content (AvgIpc) is 2.62. The molecule has 0 unspecified atom stereocenters. The van der Waals surface area contributed by atoms with E-state index in [4.69, 9.17) is 4.74 Å². The van der Waals surface area contributed by atoms with Crippen molar-refractivity contribution < 1.29 is 14.7 Å². The maximum absolute atomic E-state index is 12.1. The van der Waals surface area contributed by atoms with E-state index in [2.05, 4.69) is 4.90 Å². The van der Waals surface area contributed by atoms with Crippen molar-refractivity contribution in [2.24, 2.45) is 0 Å². The zero-order chi connectivity index (χ0) is 20.0. The van der Waals surface area contributed by atoms with Crippen molar-refractivity contribution in [2.45, 2.75) is 65.0 Å². The van der Waals surface area contributed by atoms with Crippen molar-refractivity contribution in [3.63, 3.8) is 0 Å². The second-order valence-corrected chi connectivity index (χ2v) is 8.07. The quantitative estimate of drug-likeness (QED) is 0.881. The van der Waals surface area contributed by atoms with Gasteiger partial charge < -0.3 is 9.64 Å². The molecule has 0 aliphatic carbocycles. The van der Waals surface area contributed by atoms with Crippen molar-refractivity contribution in [3.05, 3.63) is 34.7 Å². The molecule has 6 nitrogen and oxygen atoms in total. The third-order valence-corrected chi connectivity index (χ3v) is 5.04. The number of carbonyl (C=O) groups is 1. The van der Waals surface area contributed by atoms with Gasteiger partial charge in [-0.3, -0.25) is 4.90 Å². The SMILES string of the molecule is CC.CC(C)(C)OC(=O)N1CCC(N2CC(c3ccc([NH+]=O)cc3)C2)CC1. The molecule has 1 N–H and O–H groups in total. The molecular weight excluding hydrogens is 342 g/mol. The van der Waals surface area contributed by atoms with Crippen LogP contribution in [-0.4, -0.2) is 53.7 Å². The number of hydrogen-bond donors (Lipinski definition) is 1. The summed E-state index contributed by atoms with van der Waals surface area (Å²) in [5.74, 6) is 0.546. The monoisotopic (exact) mass is 376 g/mol. The Hall–Kier alpha value is -1.95. The summed E-state index contributed by atoms with van der Waals surface area (Å²) in [6.07, 6.45) is 1.82. The molecule has 3 rings (SSSR count). The fourth-order valence-corrected chi connectivity index (χ4v) is 3.59. The molecule has 0 aromatic heterocycles. The maximum atomic E-state index is 12.1. The minimum atomic E-state index is -0.435. The summed E-state index contributed by atoms with van der Waals surface area (Å²) in [5.41, 5.74) is 1.46. The van der Waals surface area contributed by atoms with Crippen molar-refractivity contribution in [2.75, 3.05) is 26.2 Å². The number of hydrogen-bond acceptors (Lipinski definition) is 4. The van der Waals surface area contributed by atoms with E-state index in [9.17, 15) is 9.70 Å². The lowest BCUT2D eigenvalue weighted by atomic mass is 9.88. The van der Waals surface area contributed by atoms with Crippen LogP contribution in [0.2, 0.25) is 0 Å². The Balaban J connectivity index is 0.00000126. The van der Waals surface area contributed by atoms with Crippen LogP contribution in [0.1, 0.15) is 58.9 Å². The highest BCUT2D eigenvalue weighted by Gasteiger charge is 2.36. The van der Waals surface area contributed by atoms with Gasteiger partial charge in [0.15, 0.2) is 0 Å². The van der Waals surface area contributed by atoms with E-state index < -0.39 is 5.60 Å². The van der Waals surface area contributed by atoms with Crippen LogP contribution in [0.5, 0.6) is 0 Å². The molecule has 0 atom stereocenters. The van der Waals surface area contributed by atoms with Crippen LogP contribution in [-0.2, 0) is 4.74 Å². The van der Waals surface area contributed by atoms with Crippen LogP contribution in [0.25, 0.3) is 0 Å². The number of nitrogens with one attached hydrogen (secondary N) is 1. The summed E-state index contributed by atoms with van der Waals surface area (Å²) >= 11 is 0. The first-order valence-corrected chi connectivity index (χ1v) is 10.1. The Bertz CT molecular complexity index is 611. The molecule has 2 aliphatic heterocycles. The minimum Gasteiger partial charge on any atom is -0.444 e. The van der Waals surface area contributed by atoms with Crippen molar-refractivity contribution in [3.8, 4) is 0 Å². The van der Waals surface area contributed by atoms with Crippen LogP contribution in [0.15, 0.2) is 24.3 Å². The molecule has 0 spiro atoms. The lowest BCUT2D eigenvalue weighted by Crippen LogP contribution is -2.56. The Morgan fingerprint density at radius 2 is 1.63 bits per heavy atom. The first-order chi connectivity index (χ1) is 12.9. The zero-order valence-electron chi connectivity index (χ0n) is 17.3. The Labute approximate surface area is 162 Å². The third kappa shape index (κ3) is 5.76. The van der Waals surface area contributed by atoms with E-state index in [0.717, 1.165) is 39.0 Å². The number of likely N-dealkylation sites (tertiary alicyclic amines) is 2. The van der Waals surface area contributed by atoms with Crippen LogP contribution < -0.4 is 5.18 Å². The molecule has 2 saturated heterocycles. The Morgan fingerprint density at radius 3 is 2.11 bits per heavy atom. The highest BCUT2D eigenvalue weighted by molar-refractivity contribution is 5.68. The molecule has 150 valence electrons. The number of nitrogens with zero attached hydrogens (tertiary/aromatic N) is 2. The number of ether oxygens (including phenoxy) is 1. The van der Waals surface area contributed by atoms with E-state index in [1.807, 2.05) is 69.0 Å². The predicted octanol–water partition coefficient (Wildman–Crippen LogP) is 2.99. The normalized spacial score (nSPS) is 18.9. The second-order valence-electron chi connectivity index (χ2n) is 8.07. The number of benzene rings is 1. The van der Waals surface area contributed by atoms with Crippen molar-refractivity contribution >= 4 is 11.8 Å². The number of amides is 1. The molecule has 0 radical (unpaired) electrons. The Kier molecular flexibility index (Phi) is 7.36. The van der Waals surface area contributed by atoms with Gasteiger partial charge in [0, 0.05) is 60.4 Å². The fraction of sp³-hybridized carbons (Fsp3) is 0.667. The summed E-state index contributed by atoms with van der Waals surface area (Å²) in [5, 5.41) is 1.91. The van der Waals surface area contributed by atoms with Crippen LogP contribution >= 0.6 is 0 Å². The fourth-order valence-electron chi connectivity index (χ4n) is 3.59. The van der Waals surface area contributed by atoms with Crippen LogP contribution in [0, 0.1) is 4.91 Å². The van der Waals surface area contributed by atoms with Gasteiger partial charge in [0.1, 0.15) is 5.60 Å². The molecule has 0 saturated carbocycles.